The number of carbonyl (C=O) groups is 1. The molecule has 0 aliphatic heterocycles. The fourth-order valence-corrected chi connectivity index (χ4v) is 2.24. The van der Waals surface area contributed by atoms with Gasteiger partial charge in [-0.25, -0.2) is 0 Å². The van der Waals surface area contributed by atoms with Crippen molar-refractivity contribution in [2.75, 3.05) is 0 Å². The van der Waals surface area contributed by atoms with Gasteiger partial charge in [0.15, 0.2) is 6.29 Å². The molecule has 0 aliphatic rings. The average Bonchev–Trinajstić information content (AvgIpc) is 2.35. The van der Waals surface area contributed by atoms with E-state index in [0.717, 1.165) is 6.42 Å². The highest BCUT2D eigenvalue weighted by atomic mass is 35.5. The minimum absolute atomic E-state index is 0.141. The molecule has 17 heavy (non-hydrogen) atoms. The molecule has 1 aromatic carbocycles. The number of aldehydes is 1. The Bertz CT molecular complexity index is 631. The summed E-state index contributed by atoms with van der Waals surface area (Å²) in [6.07, 6.45) is 1.49. The Labute approximate surface area is 104 Å². The van der Waals surface area contributed by atoms with Gasteiger partial charge in [-0.05, 0) is 12.5 Å². The number of benzene rings is 1. The van der Waals surface area contributed by atoms with E-state index < -0.39 is 0 Å². The fraction of sp³-hybridized carbons (Fsp3) is 0.231. The SMILES string of the molecule is CCCn1c(Cl)c(C=O)c2ccccc2c1=O. The summed E-state index contributed by atoms with van der Waals surface area (Å²) in [5, 5.41) is 1.38. The molecular weight excluding hydrogens is 238 g/mol. The minimum atomic E-state index is -0.141. The molecule has 4 heteroatoms. The molecule has 0 fully saturated rings. The van der Waals surface area contributed by atoms with E-state index in [9.17, 15) is 9.59 Å². The third-order valence-corrected chi connectivity index (χ3v) is 3.12. The van der Waals surface area contributed by atoms with Crippen LogP contribution in [0.4, 0.5) is 0 Å². The summed E-state index contributed by atoms with van der Waals surface area (Å²) >= 11 is 6.10. The van der Waals surface area contributed by atoms with Crippen LogP contribution in [-0.4, -0.2) is 10.9 Å². The van der Waals surface area contributed by atoms with E-state index in [1.807, 2.05) is 6.92 Å². The van der Waals surface area contributed by atoms with Crippen LogP contribution in [0.15, 0.2) is 29.1 Å². The number of pyridine rings is 1. The Morgan fingerprint density at radius 3 is 2.53 bits per heavy atom. The number of halogens is 1. The minimum Gasteiger partial charge on any atom is -0.298 e. The van der Waals surface area contributed by atoms with Gasteiger partial charge in [0.1, 0.15) is 5.15 Å². The lowest BCUT2D eigenvalue weighted by atomic mass is 10.1. The van der Waals surface area contributed by atoms with Gasteiger partial charge >= 0.3 is 0 Å². The first-order valence-corrected chi connectivity index (χ1v) is 5.84. The summed E-state index contributed by atoms with van der Waals surface area (Å²) in [7, 11) is 0. The molecule has 3 nitrogen and oxygen atoms in total. The van der Waals surface area contributed by atoms with Gasteiger partial charge in [0.25, 0.3) is 5.56 Å². The Morgan fingerprint density at radius 1 is 1.29 bits per heavy atom. The Morgan fingerprint density at radius 2 is 1.94 bits per heavy atom. The molecule has 2 aromatic rings. The van der Waals surface area contributed by atoms with Crippen LogP contribution in [0.1, 0.15) is 23.7 Å². The second-order valence-corrected chi connectivity index (χ2v) is 4.18. The summed E-state index contributed by atoms with van der Waals surface area (Å²) in [5.41, 5.74) is 0.244. The average molecular weight is 250 g/mol. The predicted octanol–water partition coefficient (Wildman–Crippen LogP) is 2.88. The maximum Gasteiger partial charge on any atom is 0.259 e. The highest BCUT2D eigenvalue weighted by molar-refractivity contribution is 6.33. The van der Waals surface area contributed by atoms with Crippen molar-refractivity contribution in [1.82, 2.24) is 4.57 Å². The molecule has 0 saturated carbocycles. The van der Waals surface area contributed by atoms with Crippen LogP contribution >= 0.6 is 11.6 Å². The summed E-state index contributed by atoms with van der Waals surface area (Å²) < 4.78 is 1.45. The van der Waals surface area contributed by atoms with Crippen molar-refractivity contribution in [3.63, 3.8) is 0 Å². The van der Waals surface area contributed by atoms with Gasteiger partial charge in [-0.2, -0.15) is 0 Å². The van der Waals surface area contributed by atoms with Crippen LogP contribution in [-0.2, 0) is 6.54 Å². The third-order valence-electron chi connectivity index (χ3n) is 2.72. The summed E-state index contributed by atoms with van der Waals surface area (Å²) in [5.74, 6) is 0. The van der Waals surface area contributed by atoms with E-state index in [0.29, 0.717) is 29.2 Å². The first-order valence-electron chi connectivity index (χ1n) is 5.47. The second-order valence-electron chi connectivity index (χ2n) is 3.82. The first-order chi connectivity index (χ1) is 8.20. The molecule has 88 valence electrons. The van der Waals surface area contributed by atoms with Crippen LogP contribution in [0.3, 0.4) is 0 Å². The molecule has 1 heterocycles. The highest BCUT2D eigenvalue weighted by Gasteiger charge is 2.13. The van der Waals surface area contributed by atoms with Gasteiger partial charge < -0.3 is 0 Å². The Balaban J connectivity index is 2.94. The van der Waals surface area contributed by atoms with Crippen molar-refractivity contribution in [1.29, 1.82) is 0 Å². The van der Waals surface area contributed by atoms with Gasteiger partial charge in [-0.3, -0.25) is 14.2 Å². The van der Waals surface area contributed by atoms with Crippen LogP contribution < -0.4 is 5.56 Å². The van der Waals surface area contributed by atoms with Crippen LogP contribution in [0.5, 0.6) is 0 Å². The van der Waals surface area contributed by atoms with Crippen LogP contribution in [0, 0.1) is 0 Å². The highest BCUT2D eigenvalue weighted by Crippen LogP contribution is 2.22. The summed E-state index contributed by atoms with van der Waals surface area (Å²) in [6.45, 7) is 2.47. The van der Waals surface area contributed by atoms with Gasteiger partial charge in [0, 0.05) is 17.3 Å². The van der Waals surface area contributed by atoms with Gasteiger partial charge in [-0.1, -0.05) is 36.7 Å². The van der Waals surface area contributed by atoms with E-state index in [2.05, 4.69) is 0 Å². The van der Waals surface area contributed by atoms with Gasteiger partial charge in [-0.15, -0.1) is 0 Å². The quantitative estimate of drug-likeness (QED) is 0.620. The van der Waals surface area contributed by atoms with Crippen LogP contribution in [0.25, 0.3) is 10.8 Å². The number of rotatable bonds is 3. The number of nitrogens with zero attached hydrogens (tertiary/aromatic N) is 1. The Hall–Kier alpha value is -1.61. The summed E-state index contributed by atoms with van der Waals surface area (Å²) in [4.78, 5) is 23.3. The molecule has 1 aromatic heterocycles. The normalized spacial score (nSPS) is 10.7. The molecule has 0 atom stereocenters. The lowest BCUT2D eigenvalue weighted by molar-refractivity contribution is 0.112. The Kier molecular flexibility index (Phi) is 3.29. The van der Waals surface area contributed by atoms with Crippen molar-refractivity contribution < 1.29 is 4.79 Å². The standard InChI is InChI=1S/C13H12ClNO2/c1-2-7-15-12(14)11(8-16)9-5-3-4-6-10(9)13(15)17/h3-6,8H,2,7H2,1H3. The van der Waals surface area contributed by atoms with Crippen LogP contribution in [0.2, 0.25) is 5.15 Å². The lowest BCUT2D eigenvalue weighted by Gasteiger charge is -2.11. The molecule has 0 unspecified atom stereocenters. The van der Waals surface area contributed by atoms with Gasteiger partial charge in [0.05, 0.1) is 5.56 Å². The largest absolute Gasteiger partial charge is 0.298 e. The van der Waals surface area contributed by atoms with Crippen molar-refractivity contribution in [3.8, 4) is 0 Å². The van der Waals surface area contributed by atoms with E-state index in [-0.39, 0.29) is 10.7 Å². The zero-order valence-electron chi connectivity index (χ0n) is 9.44. The van der Waals surface area contributed by atoms with Crippen molar-refractivity contribution in [2.24, 2.45) is 0 Å². The zero-order valence-corrected chi connectivity index (χ0v) is 10.2. The van der Waals surface area contributed by atoms with E-state index in [1.54, 1.807) is 24.3 Å². The molecule has 0 spiro atoms. The molecule has 0 radical (unpaired) electrons. The fourth-order valence-electron chi connectivity index (χ4n) is 1.93. The lowest BCUT2D eigenvalue weighted by Crippen LogP contribution is -2.22. The third kappa shape index (κ3) is 1.87. The predicted molar refractivity (Wildman–Crippen MR) is 68.9 cm³/mol. The maximum absolute atomic E-state index is 12.2. The molecular formula is C13H12ClNO2. The molecule has 0 N–H and O–H groups in total. The van der Waals surface area contributed by atoms with E-state index in [4.69, 9.17) is 11.6 Å². The topological polar surface area (TPSA) is 39.1 Å². The smallest absolute Gasteiger partial charge is 0.259 e. The van der Waals surface area contributed by atoms with Gasteiger partial charge in [0.2, 0.25) is 0 Å². The monoisotopic (exact) mass is 249 g/mol. The first kappa shape index (κ1) is 11.9. The number of carbonyl (C=O) groups excluding carboxylic acids is 1. The molecule has 0 bridgehead atoms. The number of hydrogen-bond donors (Lipinski definition) is 0. The van der Waals surface area contributed by atoms with Crippen molar-refractivity contribution in [3.05, 3.63) is 45.3 Å². The molecule has 0 amide bonds. The van der Waals surface area contributed by atoms with Crippen molar-refractivity contribution in [2.45, 2.75) is 19.9 Å². The van der Waals surface area contributed by atoms with Crippen molar-refractivity contribution >= 4 is 28.7 Å². The van der Waals surface area contributed by atoms with E-state index in [1.165, 1.54) is 4.57 Å². The number of fused-ring (bicyclic) bond motifs is 1. The summed E-state index contributed by atoms with van der Waals surface area (Å²) in [6, 6.07) is 7.02. The second kappa shape index (κ2) is 4.72. The molecule has 0 aliphatic carbocycles. The molecule has 2 rings (SSSR count). The number of aromatic nitrogens is 1. The van der Waals surface area contributed by atoms with E-state index >= 15 is 0 Å². The zero-order chi connectivity index (χ0) is 12.4. The molecule has 0 saturated heterocycles. The number of hydrogen-bond acceptors (Lipinski definition) is 2. The maximum atomic E-state index is 12.2.